The smallest absolute Gasteiger partial charge is 0.270 e. The lowest BCUT2D eigenvalue weighted by molar-refractivity contribution is -0.119. The first kappa shape index (κ1) is 11.7. The summed E-state index contributed by atoms with van der Waals surface area (Å²) in [5.41, 5.74) is 5.98. The second-order valence-electron chi connectivity index (χ2n) is 3.07. The molecule has 0 fully saturated rings. The van der Waals surface area contributed by atoms with Crippen molar-refractivity contribution in [2.24, 2.45) is 0 Å². The second-order valence-corrected chi connectivity index (χ2v) is 3.86. The molecule has 1 aromatic rings. The van der Waals surface area contributed by atoms with Crippen molar-refractivity contribution in [1.29, 1.82) is 0 Å². The summed E-state index contributed by atoms with van der Waals surface area (Å²) < 4.78 is 0.729. The van der Waals surface area contributed by atoms with Gasteiger partial charge in [-0.3, -0.25) is 20.4 Å². The summed E-state index contributed by atoms with van der Waals surface area (Å²) in [6, 6.07) is 5.34. The van der Waals surface area contributed by atoms with Crippen LogP contribution in [-0.4, -0.2) is 11.8 Å². The maximum Gasteiger partial charge on any atom is 0.270 e. The molecular formula is C10H11BrN2O2. The molecule has 0 saturated carbocycles. The number of halogens is 1. The van der Waals surface area contributed by atoms with Gasteiger partial charge in [-0.15, -0.1) is 0 Å². The van der Waals surface area contributed by atoms with Gasteiger partial charge in [0.15, 0.2) is 0 Å². The van der Waals surface area contributed by atoms with E-state index in [1.807, 2.05) is 13.0 Å². The molecule has 0 radical (unpaired) electrons. The third-order valence-corrected chi connectivity index (χ3v) is 2.84. The van der Waals surface area contributed by atoms with Crippen LogP contribution in [0.4, 0.5) is 0 Å². The minimum atomic E-state index is -0.347. The molecule has 0 aliphatic rings. The number of rotatable bonds is 1. The number of aryl methyl sites for hydroxylation is 1. The molecule has 5 heteroatoms. The molecule has 4 nitrogen and oxygen atoms in total. The zero-order valence-corrected chi connectivity index (χ0v) is 10.0. The molecule has 0 aliphatic heterocycles. The minimum absolute atomic E-state index is 0.313. The SMILES string of the molecule is CC(=O)NNC(=O)c1cccc(C)c1Br. The van der Waals surface area contributed by atoms with E-state index in [-0.39, 0.29) is 11.8 Å². The van der Waals surface area contributed by atoms with Crippen LogP contribution in [-0.2, 0) is 4.79 Å². The van der Waals surface area contributed by atoms with E-state index in [4.69, 9.17) is 0 Å². The van der Waals surface area contributed by atoms with Crippen LogP contribution in [0.1, 0.15) is 22.8 Å². The lowest BCUT2D eigenvalue weighted by Crippen LogP contribution is -2.40. The maximum atomic E-state index is 11.6. The van der Waals surface area contributed by atoms with Gasteiger partial charge in [-0.05, 0) is 34.5 Å². The van der Waals surface area contributed by atoms with Gasteiger partial charge in [-0.2, -0.15) is 0 Å². The van der Waals surface area contributed by atoms with E-state index < -0.39 is 0 Å². The summed E-state index contributed by atoms with van der Waals surface area (Å²) in [7, 11) is 0. The monoisotopic (exact) mass is 270 g/mol. The van der Waals surface area contributed by atoms with Gasteiger partial charge in [0.05, 0.1) is 5.56 Å². The van der Waals surface area contributed by atoms with E-state index in [1.165, 1.54) is 6.92 Å². The topological polar surface area (TPSA) is 58.2 Å². The number of carbonyl (C=O) groups is 2. The van der Waals surface area contributed by atoms with E-state index in [0.717, 1.165) is 10.0 Å². The van der Waals surface area contributed by atoms with Crippen LogP contribution in [0.2, 0.25) is 0 Å². The average molecular weight is 271 g/mol. The van der Waals surface area contributed by atoms with Crippen LogP contribution in [0.15, 0.2) is 22.7 Å². The van der Waals surface area contributed by atoms with Crippen molar-refractivity contribution in [2.75, 3.05) is 0 Å². The molecule has 0 aromatic heterocycles. The Morgan fingerprint density at radius 2 is 1.93 bits per heavy atom. The number of amides is 2. The summed E-state index contributed by atoms with van der Waals surface area (Å²) in [5.74, 6) is -0.659. The second kappa shape index (κ2) is 4.93. The van der Waals surface area contributed by atoms with E-state index in [0.29, 0.717) is 5.56 Å². The molecule has 2 N–H and O–H groups in total. The van der Waals surface area contributed by atoms with Crippen molar-refractivity contribution in [2.45, 2.75) is 13.8 Å². The van der Waals surface area contributed by atoms with Crippen LogP contribution in [0.5, 0.6) is 0 Å². The Bertz CT molecular complexity index is 404. The molecule has 1 aromatic carbocycles. The van der Waals surface area contributed by atoms with Crippen molar-refractivity contribution in [3.63, 3.8) is 0 Å². The highest BCUT2D eigenvalue weighted by Gasteiger charge is 2.10. The molecule has 0 spiro atoms. The standard InChI is InChI=1S/C10H11BrN2O2/c1-6-4-3-5-8(9(6)11)10(15)13-12-7(2)14/h3-5H,1-2H3,(H,12,14)(H,13,15). The molecule has 0 bridgehead atoms. The predicted octanol–water partition coefficient (Wildman–Crippen LogP) is 1.54. The van der Waals surface area contributed by atoms with Crippen LogP contribution in [0.3, 0.4) is 0 Å². The van der Waals surface area contributed by atoms with Crippen LogP contribution in [0.25, 0.3) is 0 Å². The fourth-order valence-electron chi connectivity index (χ4n) is 1.03. The molecule has 80 valence electrons. The van der Waals surface area contributed by atoms with Crippen molar-refractivity contribution >= 4 is 27.7 Å². The van der Waals surface area contributed by atoms with E-state index >= 15 is 0 Å². The number of hydrogen-bond acceptors (Lipinski definition) is 2. The molecule has 15 heavy (non-hydrogen) atoms. The van der Waals surface area contributed by atoms with E-state index in [1.54, 1.807) is 12.1 Å². The number of benzene rings is 1. The van der Waals surface area contributed by atoms with Crippen molar-refractivity contribution in [1.82, 2.24) is 10.9 Å². The molecule has 0 heterocycles. The van der Waals surface area contributed by atoms with Gasteiger partial charge >= 0.3 is 0 Å². The normalized spacial score (nSPS) is 9.53. The highest BCUT2D eigenvalue weighted by molar-refractivity contribution is 9.10. The first-order chi connectivity index (χ1) is 7.02. The van der Waals surface area contributed by atoms with Gasteiger partial charge in [0.2, 0.25) is 5.91 Å². The summed E-state index contributed by atoms with van der Waals surface area (Å²) in [5, 5.41) is 0. The summed E-state index contributed by atoms with van der Waals surface area (Å²) in [6.07, 6.45) is 0. The Labute approximate surface area is 96.2 Å². The van der Waals surface area contributed by atoms with Crippen molar-refractivity contribution in [3.05, 3.63) is 33.8 Å². The molecule has 2 amide bonds. The Morgan fingerprint density at radius 3 is 2.53 bits per heavy atom. The minimum Gasteiger partial charge on any atom is -0.274 e. The first-order valence-electron chi connectivity index (χ1n) is 4.34. The number of hydrazine groups is 1. The van der Waals surface area contributed by atoms with Gasteiger partial charge in [0.1, 0.15) is 0 Å². The summed E-state index contributed by atoms with van der Waals surface area (Å²) >= 11 is 3.31. The van der Waals surface area contributed by atoms with Gasteiger partial charge in [-0.25, -0.2) is 0 Å². The highest BCUT2D eigenvalue weighted by atomic mass is 79.9. The largest absolute Gasteiger partial charge is 0.274 e. The first-order valence-corrected chi connectivity index (χ1v) is 5.13. The Hall–Kier alpha value is -1.36. The van der Waals surface area contributed by atoms with Crippen LogP contribution >= 0.6 is 15.9 Å². The maximum absolute atomic E-state index is 11.6. The number of carbonyl (C=O) groups excluding carboxylic acids is 2. The summed E-state index contributed by atoms with van der Waals surface area (Å²) in [6.45, 7) is 3.21. The third kappa shape index (κ3) is 3.06. The van der Waals surface area contributed by atoms with Gasteiger partial charge in [0, 0.05) is 11.4 Å². The highest BCUT2D eigenvalue weighted by Crippen LogP contribution is 2.20. The molecule has 0 atom stereocenters. The molecule has 0 aliphatic carbocycles. The quantitative estimate of drug-likeness (QED) is 0.761. The van der Waals surface area contributed by atoms with Crippen LogP contribution < -0.4 is 10.9 Å². The Morgan fingerprint density at radius 1 is 1.27 bits per heavy atom. The summed E-state index contributed by atoms with van der Waals surface area (Å²) in [4.78, 5) is 22.2. The zero-order chi connectivity index (χ0) is 11.4. The van der Waals surface area contributed by atoms with Crippen molar-refractivity contribution in [3.8, 4) is 0 Å². The predicted molar refractivity (Wildman–Crippen MR) is 60.2 cm³/mol. The average Bonchev–Trinajstić information content (AvgIpc) is 2.18. The number of nitrogens with one attached hydrogen (secondary N) is 2. The number of hydrogen-bond donors (Lipinski definition) is 2. The molecule has 0 unspecified atom stereocenters. The molecular weight excluding hydrogens is 260 g/mol. The van der Waals surface area contributed by atoms with Gasteiger partial charge < -0.3 is 0 Å². The Kier molecular flexibility index (Phi) is 3.85. The van der Waals surface area contributed by atoms with E-state index in [9.17, 15) is 9.59 Å². The fourth-order valence-corrected chi connectivity index (χ4v) is 1.48. The fraction of sp³-hybridized carbons (Fsp3) is 0.200. The van der Waals surface area contributed by atoms with Crippen LogP contribution in [0, 0.1) is 6.92 Å². The zero-order valence-electron chi connectivity index (χ0n) is 8.43. The molecule has 0 saturated heterocycles. The lowest BCUT2D eigenvalue weighted by Gasteiger charge is -2.08. The lowest BCUT2D eigenvalue weighted by atomic mass is 10.1. The Balaban J connectivity index is 2.82. The third-order valence-electron chi connectivity index (χ3n) is 1.79. The van der Waals surface area contributed by atoms with Gasteiger partial charge in [-0.1, -0.05) is 12.1 Å². The van der Waals surface area contributed by atoms with Gasteiger partial charge in [0.25, 0.3) is 5.91 Å². The molecule has 1 rings (SSSR count). The van der Waals surface area contributed by atoms with Crippen molar-refractivity contribution < 1.29 is 9.59 Å². The van der Waals surface area contributed by atoms with E-state index in [2.05, 4.69) is 26.8 Å².